The number of hydrogen-bond donors (Lipinski definition) is 0. The molecular weight excluding hydrogens is 278 g/mol. The van der Waals surface area contributed by atoms with Crippen molar-refractivity contribution in [2.75, 3.05) is 13.7 Å². The lowest BCUT2D eigenvalue weighted by Crippen LogP contribution is -2.22. The molecule has 1 fully saturated rings. The number of benzene rings is 1. The third-order valence-corrected chi connectivity index (χ3v) is 3.76. The lowest BCUT2D eigenvalue weighted by atomic mass is 10.1. The second-order valence-electron chi connectivity index (χ2n) is 5.53. The average molecular weight is 303 g/mol. The van der Waals surface area contributed by atoms with E-state index in [4.69, 9.17) is 14.3 Å². The zero-order valence-electron chi connectivity index (χ0n) is 13.9. The monoisotopic (exact) mass is 303 g/mol. The van der Waals surface area contributed by atoms with Crippen LogP contribution in [0.25, 0.3) is 0 Å². The second kappa shape index (κ2) is 7.87. The minimum Gasteiger partial charge on any atom is -0.490 e. The van der Waals surface area contributed by atoms with Gasteiger partial charge in [-0.2, -0.15) is 0 Å². The Kier molecular flexibility index (Phi) is 5.87. The van der Waals surface area contributed by atoms with Crippen LogP contribution in [0.15, 0.2) is 29.4 Å². The molecule has 120 valence electrons. The molecule has 1 aliphatic carbocycles. The molecule has 0 amide bonds. The molecule has 4 heteroatoms. The summed E-state index contributed by atoms with van der Waals surface area (Å²) in [5.74, 6) is 1.80. The van der Waals surface area contributed by atoms with E-state index in [1.165, 1.54) is 0 Å². The highest BCUT2D eigenvalue weighted by Gasteiger charge is 2.26. The molecule has 0 saturated heterocycles. The topological polar surface area (TPSA) is 40.0 Å². The van der Waals surface area contributed by atoms with E-state index in [2.05, 4.69) is 5.16 Å². The molecule has 4 nitrogen and oxygen atoms in total. The van der Waals surface area contributed by atoms with Crippen molar-refractivity contribution in [3.63, 3.8) is 0 Å². The van der Waals surface area contributed by atoms with Crippen LogP contribution in [-0.4, -0.2) is 25.5 Å². The highest BCUT2D eigenvalue weighted by atomic mass is 16.6. The minimum absolute atomic E-state index is 0.0205. The van der Waals surface area contributed by atoms with Crippen LogP contribution in [0.1, 0.15) is 37.3 Å². The maximum absolute atomic E-state index is 6.20. The molecule has 1 aromatic rings. The Bertz CT molecular complexity index is 540. The van der Waals surface area contributed by atoms with Crippen molar-refractivity contribution >= 4 is 5.71 Å². The molecule has 1 unspecified atom stereocenters. The highest BCUT2D eigenvalue weighted by Crippen LogP contribution is 2.31. The van der Waals surface area contributed by atoms with Gasteiger partial charge in [0.1, 0.15) is 31.3 Å². The van der Waals surface area contributed by atoms with Crippen molar-refractivity contribution in [1.82, 2.24) is 0 Å². The molecule has 1 aromatic carbocycles. The van der Waals surface area contributed by atoms with E-state index in [1.54, 1.807) is 7.11 Å². The number of allylic oxidation sites excluding steroid dienone is 1. The summed E-state index contributed by atoms with van der Waals surface area (Å²) >= 11 is 0. The zero-order chi connectivity index (χ0) is 15.9. The van der Waals surface area contributed by atoms with Crippen molar-refractivity contribution < 1.29 is 14.3 Å². The summed E-state index contributed by atoms with van der Waals surface area (Å²) in [5, 5.41) is 4.09. The summed E-state index contributed by atoms with van der Waals surface area (Å²) in [5.41, 5.74) is 3.16. The van der Waals surface area contributed by atoms with Crippen LogP contribution in [0.2, 0.25) is 0 Å². The first-order valence-electron chi connectivity index (χ1n) is 7.77. The highest BCUT2D eigenvalue weighted by molar-refractivity contribution is 5.90. The zero-order valence-corrected chi connectivity index (χ0v) is 13.9. The third-order valence-electron chi connectivity index (χ3n) is 3.76. The Balaban J connectivity index is 2.12. The van der Waals surface area contributed by atoms with Gasteiger partial charge in [0.15, 0.2) is 0 Å². The fourth-order valence-corrected chi connectivity index (χ4v) is 2.71. The van der Waals surface area contributed by atoms with Gasteiger partial charge in [0.2, 0.25) is 0 Å². The van der Waals surface area contributed by atoms with Gasteiger partial charge in [0.05, 0.1) is 5.71 Å². The number of aryl methyl sites for hydroxylation is 2. The molecule has 22 heavy (non-hydrogen) atoms. The summed E-state index contributed by atoms with van der Waals surface area (Å²) < 4.78 is 11.9. The Morgan fingerprint density at radius 1 is 1.27 bits per heavy atom. The van der Waals surface area contributed by atoms with Crippen molar-refractivity contribution in [3.05, 3.63) is 35.4 Å². The molecule has 0 bridgehead atoms. The lowest BCUT2D eigenvalue weighted by molar-refractivity contribution is 0.202. The third kappa shape index (κ3) is 4.03. The van der Waals surface area contributed by atoms with Crippen LogP contribution in [0.5, 0.6) is 11.5 Å². The van der Waals surface area contributed by atoms with E-state index in [9.17, 15) is 0 Å². The van der Waals surface area contributed by atoms with Gasteiger partial charge in [-0.1, -0.05) is 17.3 Å². The van der Waals surface area contributed by atoms with E-state index in [1.807, 2.05) is 45.1 Å². The van der Waals surface area contributed by atoms with Gasteiger partial charge in [-0.15, -0.1) is 0 Å². The first-order chi connectivity index (χ1) is 10.7. The minimum atomic E-state index is 0.0205. The second-order valence-corrected chi connectivity index (χ2v) is 5.53. The first kappa shape index (κ1) is 16.4. The van der Waals surface area contributed by atoms with Crippen molar-refractivity contribution in [2.45, 2.75) is 46.1 Å². The van der Waals surface area contributed by atoms with Crippen LogP contribution in [0.4, 0.5) is 0 Å². The van der Waals surface area contributed by atoms with E-state index < -0.39 is 0 Å². The Labute approximate surface area is 132 Å². The number of rotatable bonds is 6. The maximum Gasteiger partial charge on any atom is 0.140 e. The number of nitrogens with zero attached hydrogens (tertiary/aromatic N) is 1. The summed E-state index contributed by atoms with van der Waals surface area (Å²) in [6.07, 6.45) is 7.01. The standard InChI is InChI=1S/C18H25NO3/c1-5-6-10-21-15-11-13(2)18(14(3)12-15)22-17-9-7-8-16(17)19-20-4/h5-6,11-12,17H,7-10H2,1-4H3/b6-5+,19-16?. The SMILES string of the molecule is C/C=C/COc1cc(C)c(OC2CCCC2=NOC)c(C)c1. The number of hydrogen-bond acceptors (Lipinski definition) is 4. The molecule has 0 radical (unpaired) electrons. The summed E-state index contributed by atoms with van der Waals surface area (Å²) in [6, 6.07) is 4.04. The van der Waals surface area contributed by atoms with Crippen LogP contribution >= 0.6 is 0 Å². The van der Waals surface area contributed by atoms with Crippen LogP contribution in [0.3, 0.4) is 0 Å². The molecule has 1 atom stereocenters. The van der Waals surface area contributed by atoms with Gasteiger partial charge in [-0.05, 0) is 63.3 Å². The van der Waals surface area contributed by atoms with Crippen molar-refractivity contribution in [3.8, 4) is 11.5 Å². The number of ether oxygens (including phenoxy) is 2. The van der Waals surface area contributed by atoms with Gasteiger partial charge in [-0.25, -0.2) is 0 Å². The summed E-state index contributed by atoms with van der Waals surface area (Å²) in [4.78, 5) is 4.91. The largest absolute Gasteiger partial charge is 0.490 e. The van der Waals surface area contributed by atoms with Crippen LogP contribution in [-0.2, 0) is 4.84 Å². The van der Waals surface area contributed by atoms with Crippen LogP contribution < -0.4 is 9.47 Å². The van der Waals surface area contributed by atoms with Crippen molar-refractivity contribution in [2.24, 2.45) is 5.16 Å². The quantitative estimate of drug-likeness (QED) is 0.584. The predicted octanol–water partition coefficient (Wildman–Crippen LogP) is 4.19. The predicted molar refractivity (Wildman–Crippen MR) is 88.9 cm³/mol. The van der Waals surface area contributed by atoms with E-state index in [0.717, 1.165) is 47.6 Å². The fraction of sp³-hybridized carbons (Fsp3) is 0.500. The normalized spacial score (nSPS) is 19.8. The molecule has 0 aliphatic heterocycles. The molecule has 1 aliphatic rings. The molecule has 1 saturated carbocycles. The van der Waals surface area contributed by atoms with E-state index >= 15 is 0 Å². The molecule has 2 rings (SSSR count). The molecule has 0 heterocycles. The Morgan fingerprint density at radius 2 is 2.00 bits per heavy atom. The molecule has 0 aromatic heterocycles. The average Bonchev–Trinajstić information content (AvgIpc) is 2.91. The van der Waals surface area contributed by atoms with Gasteiger partial charge in [0, 0.05) is 0 Å². The molecular formula is C18H25NO3. The van der Waals surface area contributed by atoms with Gasteiger partial charge < -0.3 is 14.3 Å². The van der Waals surface area contributed by atoms with Gasteiger partial charge in [-0.3, -0.25) is 0 Å². The number of oxime groups is 1. The lowest BCUT2D eigenvalue weighted by Gasteiger charge is -2.19. The van der Waals surface area contributed by atoms with Gasteiger partial charge in [0.25, 0.3) is 0 Å². The van der Waals surface area contributed by atoms with E-state index in [0.29, 0.717) is 6.61 Å². The first-order valence-corrected chi connectivity index (χ1v) is 7.77. The summed E-state index contributed by atoms with van der Waals surface area (Å²) in [7, 11) is 1.58. The maximum atomic E-state index is 6.20. The summed E-state index contributed by atoms with van der Waals surface area (Å²) in [6.45, 7) is 6.67. The molecule has 0 spiro atoms. The van der Waals surface area contributed by atoms with Crippen LogP contribution in [0, 0.1) is 13.8 Å². The van der Waals surface area contributed by atoms with E-state index in [-0.39, 0.29) is 6.10 Å². The van der Waals surface area contributed by atoms with Crippen molar-refractivity contribution in [1.29, 1.82) is 0 Å². The fourth-order valence-electron chi connectivity index (χ4n) is 2.71. The Hall–Kier alpha value is -1.97. The van der Waals surface area contributed by atoms with Gasteiger partial charge >= 0.3 is 0 Å². The smallest absolute Gasteiger partial charge is 0.140 e. The molecule has 0 N–H and O–H groups in total. The Morgan fingerprint density at radius 3 is 2.64 bits per heavy atom.